The van der Waals surface area contributed by atoms with E-state index in [1.54, 1.807) is 6.20 Å². The lowest BCUT2D eigenvalue weighted by atomic mass is 9.99. The van der Waals surface area contributed by atoms with Crippen LogP contribution < -0.4 is 5.32 Å². The van der Waals surface area contributed by atoms with Crippen LogP contribution in [0, 0.1) is 13.8 Å². The van der Waals surface area contributed by atoms with Gasteiger partial charge in [0.05, 0.1) is 17.8 Å². The van der Waals surface area contributed by atoms with Crippen LogP contribution >= 0.6 is 0 Å². The number of aryl methyl sites for hydroxylation is 3. The molecule has 0 atom stereocenters. The number of imide groups is 1. The number of nitrogens with zero attached hydrogens (tertiary/aromatic N) is 2. The number of hydrogen-bond acceptors (Lipinski definition) is 4. The van der Waals surface area contributed by atoms with E-state index in [1.807, 2.05) is 74.5 Å². The fourth-order valence-corrected chi connectivity index (χ4v) is 3.62. The summed E-state index contributed by atoms with van der Waals surface area (Å²) in [5, 5.41) is 3.22. The fourth-order valence-electron chi connectivity index (χ4n) is 3.62. The average Bonchev–Trinajstić information content (AvgIpc) is 3.01. The summed E-state index contributed by atoms with van der Waals surface area (Å²) in [4.78, 5) is 32.3. The van der Waals surface area contributed by atoms with Crippen molar-refractivity contribution in [3.05, 3.63) is 101 Å². The summed E-state index contributed by atoms with van der Waals surface area (Å²) in [7, 11) is 0. The Labute approximate surface area is 182 Å². The van der Waals surface area contributed by atoms with Gasteiger partial charge in [0, 0.05) is 11.9 Å². The van der Waals surface area contributed by atoms with Crippen LogP contribution in [0.4, 0.5) is 5.69 Å². The van der Waals surface area contributed by atoms with E-state index in [9.17, 15) is 9.59 Å². The lowest BCUT2D eigenvalue weighted by Crippen LogP contribution is -2.32. The molecule has 0 spiro atoms. The van der Waals surface area contributed by atoms with Crippen LogP contribution in [0.3, 0.4) is 0 Å². The molecule has 0 bridgehead atoms. The van der Waals surface area contributed by atoms with Gasteiger partial charge >= 0.3 is 0 Å². The number of benzene rings is 2. The Kier molecular flexibility index (Phi) is 5.67. The van der Waals surface area contributed by atoms with Gasteiger partial charge in [0.1, 0.15) is 5.70 Å². The number of nitrogens with one attached hydrogen (secondary N) is 1. The van der Waals surface area contributed by atoms with Crippen molar-refractivity contribution in [1.82, 2.24) is 9.88 Å². The third-order valence-corrected chi connectivity index (χ3v) is 5.64. The average molecular weight is 412 g/mol. The van der Waals surface area contributed by atoms with Gasteiger partial charge in [-0.15, -0.1) is 0 Å². The van der Waals surface area contributed by atoms with Crippen molar-refractivity contribution in [3.8, 4) is 0 Å². The molecule has 2 aromatic carbocycles. The fraction of sp³-hybridized carbons (Fsp3) is 0.192. The van der Waals surface area contributed by atoms with Gasteiger partial charge in [-0.3, -0.25) is 19.5 Å². The first-order valence-corrected chi connectivity index (χ1v) is 10.4. The van der Waals surface area contributed by atoms with Crippen LogP contribution in [0.5, 0.6) is 0 Å². The summed E-state index contributed by atoms with van der Waals surface area (Å²) in [5.41, 5.74) is 6.27. The lowest BCUT2D eigenvalue weighted by molar-refractivity contribution is -0.137. The van der Waals surface area contributed by atoms with E-state index in [0.717, 1.165) is 28.8 Å². The number of carbonyl (C=O) groups is 2. The Balaban J connectivity index is 1.75. The van der Waals surface area contributed by atoms with Gasteiger partial charge in [-0.25, -0.2) is 0 Å². The number of amides is 2. The molecule has 1 aromatic heterocycles. The minimum Gasteiger partial charge on any atom is -0.350 e. The predicted octanol–water partition coefficient (Wildman–Crippen LogP) is 4.65. The van der Waals surface area contributed by atoms with Crippen LogP contribution in [0.2, 0.25) is 0 Å². The van der Waals surface area contributed by atoms with Crippen molar-refractivity contribution in [1.29, 1.82) is 0 Å². The molecule has 0 fully saturated rings. The lowest BCUT2D eigenvalue weighted by Gasteiger charge is -2.15. The maximum absolute atomic E-state index is 13.4. The molecular formula is C26H25N3O2. The molecule has 2 heterocycles. The first kappa shape index (κ1) is 20.5. The molecule has 5 heteroatoms. The smallest absolute Gasteiger partial charge is 0.278 e. The second-order valence-corrected chi connectivity index (χ2v) is 7.74. The zero-order valence-electron chi connectivity index (χ0n) is 18.0. The molecule has 2 amide bonds. The molecule has 31 heavy (non-hydrogen) atoms. The van der Waals surface area contributed by atoms with Crippen LogP contribution in [0.1, 0.15) is 34.9 Å². The largest absolute Gasteiger partial charge is 0.350 e. The third-order valence-electron chi connectivity index (χ3n) is 5.64. The van der Waals surface area contributed by atoms with E-state index >= 15 is 0 Å². The number of rotatable bonds is 6. The SMILES string of the molecule is CCc1ccc(NC2=C(c3ccc(C)c(C)c3)C(=O)N(Cc3ccccn3)C2=O)cc1. The summed E-state index contributed by atoms with van der Waals surface area (Å²) in [6.45, 7) is 6.25. The molecule has 0 aliphatic carbocycles. The van der Waals surface area contributed by atoms with Gasteiger partial charge in [0.15, 0.2) is 0 Å². The van der Waals surface area contributed by atoms with Gasteiger partial charge in [-0.2, -0.15) is 0 Å². The molecule has 156 valence electrons. The molecule has 0 unspecified atom stereocenters. The van der Waals surface area contributed by atoms with Crippen molar-refractivity contribution < 1.29 is 9.59 Å². The molecule has 4 rings (SSSR count). The zero-order chi connectivity index (χ0) is 22.0. The van der Waals surface area contributed by atoms with Gasteiger partial charge in [-0.1, -0.05) is 43.3 Å². The third kappa shape index (κ3) is 4.12. The van der Waals surface area contributed by atoms with Crippen LogP contribution in [-0.4, -0.2) is 21.7 Å². The Morgan fingerprint density at radius 1 is 0.903 bits per heavy atom. The van der Waals surface area contributed by atoms with Crippen molar-refractivity contribution >= 4 is 23.1 Å². The second-order valence-electron chi connectivity index (χ2n) is 7.74. The van der Waals surface area contributed by atoms with E-state index < -0.39 is 0 Å². The van der Waals surface area contributed by atoms with Gasteiger partial charge in [-0.05, 0) is 66.8 Å². The molecule has 5 nitrogen and oxygen atoms in total. The Bertz CT molecular complexity index is 1170. The predicted molar refractivity (Wildman–Crippen MR) is 122 cm³/mol. The standard InChI is InChI=1S/C26H25N3O2/c1-4-19-9-12-21(13-10-19)28-24-23(20-11-8-17(2)18(3)15-20)25(30)29(26(24)31)16-22-7-5-6-14-27-22/h5-15,28H,4,16H2,1-3H3. The quantitative estimate of drug-likeness (QED) is 0.600. The van der Waals surface area contributed by atoms with Crippen LogP contribution in [0.15, 0.2) is 72.6 Å². The Hall–Kier alpha value is -3.73. The van der Waals surface area contributed by atoms with Crippen molar-refractivity contribution in [3.63, 3.8) is 0 Å². The number of pyridine rings is 1. The first-order valence-electron chi connectivity index (χ1n) is 10.4. The van der Waals surface area contributed by atoms with Crippen molar-refractivity contribution in [2.24, 2.45) is 0 Å². The molecule has 0 saturated carbocycles. The number of carbonyl (C=O) groups excluding carboxylic acids is 2. The minimum atomic E-state index is -0.344. The second kappa shape index (κ2) is 8.56. The highest BCUT2D eigenvalue weighted by Gasteiger charge is 2.39. The summed E-state index contributed by atoms with van der Waals surface area (Å²) < 4.78 is 0. The minimum absolute atomic E-state index is 0.132. The molecule has 3 aromatic rings. The maximum atomic E-state index is 13.4. The molecule has 1 aliphatic heterocycles. The normalized spacial score (nSPS) is 13.8. The zero-order valence-corrected chi connectivity index (χ0v) is 18.0. The van der Waals surface area contributed by atoms with Crippen molar-refractivity contribution in [2.45, 2.75) is 33.7 Å². The molecular weight excluding hydrogens is 386 g/mol. The highest BCUT2D eigenvalue weighted by atomic mass is 16.2. The summed E-state index contributed by atoms with van der Waals surface area (Å²) in [6.07, 6.45) is 2.60. The Morgan fingerprint density at radius 3 is 2.32 bits per heavy atom. The Morgan fingerprint density at radius 2 is 1.68 bits per heavy atom. The van der Waals surface area contributed by atoms with E-state index in [-0.39, 0.29) is 18.4 Å². The summed E-state index contributed by atoms with van der Waals surface area (Å²) >= 11 is 0. The van der Waals surface area contributed by atoms with Gasteiger partial charge in [0.2, 0.25) is 0 Å². The maximum Gasteiger partial charge on any atom is 0.278 e. The molecule has 0 radical (unpaired) electrons. The first-order chi connectivity index (χ1) is 15.0. The highest BCUT2D eigenvalue weighted by Crippen LogP contribution is 2.32. The van der Waals surface area contributed by atoms with Crippen LogP contribution in [0.25, 0.3) is 5.57 Å². The van der Waals surface area contributed by atoms with Gasteiger partial charge < -0.3 is 5.32 Å². The molecule has 1 aliphatic rings. The van der Waals surface area contributed by atoms with Gasteiger partial charge in [0.25, 0.3) is 11.8 Å². The van der Waals surface area contributed by atoms with Crippen molar-refractivity contribution in [2.75, 3.05) is 5.32 Å². The van der Waals surface area contributed by atoms with E-state index in [4.69, 9.17) is 0 Å². The summed E-state index contributed by atoms with van der Waals surface area (Å²) in [6, 6.07) is 19.2. The monoisotopic (exact) mass is 411 g/mol. The molecule has 0 saturated heterocycles. The van der Waals surface area contributed by atoms with Crippen LogP contribution in [-0.2, 0) is 22.6 Å². The molecule has 1 N–H and O–H groups in total. The van der Waals surface area contributed by atoms with E-state index in [2.05, 4.69) is 17.2 Å². The van der Waals surface area contributed by atoms with E-state index in [0.29, 0.717) is 17.0 Å². The number of aromatic nitrogens is 1. The number of hydrogen-bond donors (Lipinski definition) is 1. The highest BCUT2D eigenvalue weighted by molar-refractivity contribution is 6.36. The van der Waals surface area contributed by atoms with E-state index in [1.165, 1.54) is 10.5 Å². The number of anilines is 1. The summed E-state index contributed by atoms with van der Waals surface area (Å²) in [5.74, 6) is -0.657. The topological polar surface area (TPSA) is 62.3 Å².